The van der Waals surface area contributed by atoms with E-state index in [2.05, 4.69) is 4.98 Å². The Morgan fingerprint density at radius 1 is 1.05 bits per heavy atom. The van der Waals surface area contributed by atoms with Gasteiger partial charge in [-0.1, -0.05) is 0 Å². The van der Waals surface area contributed by atoms with Crippen LogP contribution in [-0.2, 0) is 0 Å². The predicted molar refractivity (Wildman–Crippen MR) is 58.5 cm³/mol. The maximum Gasteiger partial charge on any atom is 0.258 e. The minimum Gasteiger partial charge on any atom is -0.317 e. The fraction of sp³-hybridized carbons (Fsp3) is 0. The van der Waals surface area contributed by atoms with Gasteiger partial charge in [0.05, 0.1) is 11.8 Å². The molecule has 0 fully saturated rings. The van der Waals surface area contributed by atoms with Crippen LogP contribution in [-0.4, -0.2) is 10.9 Å². The topological polar surface area (TPSA) is 42.0 Å². The highest BCUT2D eigenvalue weighted by atomic mass is 19.1. The number of pyridine rings is 1. The zero-order chi connectivity index (χ0) is 14.0. The van der Waals surface area contributed by atoms with Crippen LogP contribution in [0.5, 0.6) is 0 Å². The number of amides is 1. The van der Waals surface area contributed by atoms with Crippen molar-refractivity contribution in [3.63, 3.8) is 0 Å². The summed E-state index contributed by atoms with van der Waals surface area (Å²) in [7, 11) is 0. The third-order valence-electron chi connectivity index (χ3n) is 2.26. The van der Waals surface area contributed by atoms with Crippen molar-refractivity contribution in [3.8, 4) is 0 Å². The van der Waals surface area contributed by atoms with Crippen molar-refractivity contribution < 1.29 is 22.4 Å². The number of anilines is 1. The standard InChI is InChI=1S/C12H6F4N2O/c13-6-3-8(14)11(9(15)4-6)18-12(19)7-1-2-17-5-10(7)16/h1-5H,(H,18,19). The second kappa shape index (κ2) is 5.05. The lowest BCUT2D eigenvalue weighted by atomic mass is 10.2. The lowest BCUT2D eigenvalue weighted by Gasteiger charge is -2.08. The van der Waals surface area contributed by atoms with E-state index < -0.39 is 40.4 Å². The zero-order valence-electron chi connectivity index (χ0n) is 9.25. The van der Waals surface area contributed by atoms with E-state index in [-0.39, 0.29) is 0 Å². The normalized spacial score (nSPS) is 10.3. The van der Waals surface area contributed by atoms with Crippen LogP contribution < -0.4 is 5.32 Å². The van der Waals surface area contributed by atoms with Gasteiger partial charge in [0.2, 0.25) is 0 Å². The number of nitrogens with one attached hydrogen (secondary N) is 1. The molecule has 3 nitrogen and oxygen atoms in total. The smallest absolute Gasteiger partial charge is 0.258 e. The lowest BCUT2D eigenvalue weighted by Crippen LogP contribution is -2.16. The molecule has 0 unspecified atom stereocenters. The molecule has 1 N–H and O–H groups in total. The minimum absolute atomic E-state index is 0.404. The molecule has 0 saturated heterocycles. The van der Waals surface area contributed by atoms with E-state index in [0.29, 0.717) is 12.1 Å². The molecule has 98 valence electrons. The Morgan fingerprint density at radius 3 is 2.26 bits per heavy atom. The van der Waals surface area contributed by atoms with Crippen molar-refractivity contribution in [3.05, 3.63) is 59.4 Å². The minimum atomic E-state index is -1.29. The Labute approximate surface area is 104 Å². The molecule has 2 aromatic rings. The summed E-state index contributed by atoms with van der Waals surface area (Å²) in [4.78, 5) is 15.0. The third kappa shape index (κ3) is 2.70. The molecule has 2 rings (SSSR count). The molecule has 0 radical (unpaired) electrons. The second-order valence-corrected chi connectivity index (χ2v) is 3.55. The van der Waals surface area contributed by atoms with Gasteiger partial charge in [-0.2, -0.15) is 0 Å². The Hall–Kier alpha value is -2.44. The van der Waals surface area contributed by atoms with Crippen molar-refractivity contribution in [2.45, 2.75) is 0 Å². The monoisotopic (exact) mass is 270 g/mol. The summed E-state index contributed by atoms with van der Waals surface area (Å²) in [5, 5.41) is 1.84. The van der Waals surface area contributed by atoms with E-state index in [1.54, 1.807) is 0 Å². The molecule has 1 aromatic heterocycles. The van der Waals surface area contributed by atoms with Gasteiger partial charge in [-0.3, -0.25) is 9.78 Å². The molecule has 0 saturated carbocycles. The molecule has 0 spiro atoms. The first kappa shape index (κ1) is 13.0. The molecule has 0 aliphatic rings. The maximum absolute atomic E-state index is 13.3. The zero-order valence-corrected chi connectivity index (χ0v) is 9.25. The third-order valence-corrected chi connectivity index (χ3v) is 2.26. The number of benzene rings is 1. The summed E-state index contributed by atoms with van der Waals surface area (Å²) in [6, 6.07) is 1.85. The summed E-state index contributed by atoms with van der Waals surface area (Å²) in [6.45, 7) is 0. The van der Waals surface area contributed by atoms with Gasteiger partial charge < -0.3 is 5.32 Å². The van der Waals surface area contributed by atoms with Crippen molar-refractivity contribution in [1.29, 1.82) is 0 Å². The molecule has 1 aromatic carbocycles. The fourth-order valence-electron chi connectivity index (χ4n) is 1.40. The van der Waals surface area contributed by atoms with Gasteiger partial charge in [0.15, 0.2) is 17.5 Å². The molecule has 1 amide bonds. The fourth-order valence-corrected chi connectivity index (χ4v) is 1.40. The first-order chi connectivity index (χ1) is 8.99. The first-order valence-electron chi connectivity index (χ1n) is 5.04. The van der Waals surface area contributed by atoms with Gasteiger partial charge >= 0.3 is 0 Å². The largest absolute Gasteiger partial charge is 0.317 e. The van der Waals surface area contributed by atoms with Crippen molar-refractivity contribution in [2.75, 3.05) is 5.32 Å². The average Bonchev–Trinajstić information content (AvgIpc) is 2.34. The number of hydrogen-bond donors (Lipinski definition) is 1. The molecule has 0 bridgehead atoms. The van der Waals surface area contributed by atoms with Crippen molar-refractivity contribution in [1.82, 2.24) is 4.98 Å². The number of rotatable bonds is 2. The van der Waals surface area contributed by atoms with E-state index >= 15 is 0 Å². The number of carbonyl (C=O) groups is 1. The summed E-state index contributed by atoms with van der Waals surface area (Å²) >= 11 is 0. The Kier molecular flexibility index (Phi) is 3.46. The Balaban J connectivity index is 2.32. The van der Waals surface area contributed by atoms with Crippen molar-refractivity contribution >= 4 is 11.6 Å². The van der Waals surface area contributed by atoms with Crippen LogP contribution in [0.4, 0.5) is 23.2 Å². The molecule has 0 aliphatic carbocycles. The Morgan fingerprint density at radius 2 is 1.68 bits per heavy atom. The maximum atomic E-state index is 13.3. The van der Waals surface area contributed by atoms with E-state index in [1.807, 2.05) is 5.32 Å². The molecule has 19 heavy (non-hydrogen) atoms. The van der Waals surface area contributed by atoms with E-state index in [1.165, 1.54) is 0 Å². The van der Waals surface area contributed by atoms with Gasteiger partial charge in [0.25, 0.3) is 5.91 Å². The highest BCUT2D eigenvalue weighted by molar-refractivity contribution is 6.04. The van der Waals surface area contributed by atoms with Crippen LogP contribution in [0.25, 0.3) is 0 Å². The van der Waals surface area contributed by atoms with Crippen LogP contribution in [0.1, 0.15) is 10.4 Å². The molecular weight excluding hydrogens is 264 g/mol. The van der Waals surface area contributed by atoms with Gasteiger partial charge in [0.1, 0.15) is 11.5 Å². The summed E-state index contributed by atoms with van der Waals surface area (Å²) in [5.74, 6) is -5.71. The number of nitrogens with zero attached hydrogens (tertiary/aromatic N) is 1. The van der Waals surface area contributed by atoms with Crippen LogP contribution >= 0.6 is 0 Å². The van der Waals surface area contributed by atoms with E-state index in [4.69, 9.17) is 0 Å². The van der Waals surface area contributed by atoms with Gasteiger partial charge in [0, 0.05) is 18.3 Å². The molecule has 0 atom stereocenters. The molecule has 1 heterocycles. The van der Waals surface area contributed by atoms with Crippen LogP contribution in [0, 0.1) is 23.3 Å². The highest BCUT2D eigenvalue weighted by Crippen LogP contribution is 2.21. The molecular formula is C12H6F4N2O. The lowest BCUT2D eigenvalue weighted by molar-refractivity contribution is 0.102. The van der Waals surface area contributed by atoms with Crippen LogP contribution in [0.3, 0.4) is 0 Å². The van der Waals surface area contributed by atoms with E-state index in [0.717, 1.165) is 18.5 Å². The van der Waals surface area contributed by atoms with Crippen molar-refractivity contribution in [2.24, 2.45) is 0 Å². The Bertz CT molecular complexity index is 622. The SMILES string of the molecule is O=C(Nc1c(F)cc(F)cc1F)c1ccncc1F. The summed E-state index contributed by atoms with van der Waals surface area (Å²) in [5.41, 5.74) is -1.28. The highest BCUT2D eigenvalue weighted by Gasteiger charge is 2.17. The molecule has 7 heteroatoms. The summed E-state index contributed by atoms with van der Waals surface area (Å²) in [6.07, 6.45) is 1.93. The average molecular weight is 270 g/mol. The number of aromatic nitrogens is 1. The van der Waals surface area contributed by atoms with Gasteiger partial charge in [-0.15, -0.1) is 0 Å². The predicted octanol–water partition coefficient (Wildman–Crippen LogP) is 2.89. The number of carbonyl (C=O) groups excluding carboxylic acids is 1. The van der Waals surface area contributed by atoms with E-state index in [9.17, 15) is 22.4 Å². The quantitative estimate of drug-likeness (QED) is 0.852. The second-order valence-electron chi connectivity index (χ2n) is 3.55. The first-order valence-corrected chi connectivity index (χ1v) is 5.04. The van der Waals surface area contributed by atoms with Crippen LogP contribution in [0.2, 0.25) is 0 Å². The molecule has 0 aliphatic heterocycles. The number of halogens is 4. The van der Waals surface area contributed by atoms with Gasteiger partial charge in [-0.25, -0.2) is 17.6 Å². The summed E-state index contributed by atoms with van der Waals surface area (Å²) < 4.78 is 52.5. The number of hydrogen-bond acceptors (Lipinski definition) is 2. The van der Waals surface area contributed by atoms with Crippen LogP contribution in [0.15, 0.2) is 30.6 Å². The van der Waals surface area contributed by atoms with Gasteiger partial charge in [-0.05, 0) is 6.07 Å².